The second-order valence-corrected chi connectivity index (χ2v) is 7.16. The molecule has 0 aliphatic heterocycles. The minimum absolute atomic E-state index is 0.103. The number of aryl methyl sites for hydroxylation is 1. The molecule has 6 heteroatoms. The SMILES string of the molecule is Cc1cccc(C(=O)Nc2cc(S(C)(=O)=O)ccc2Cl)c1. The zero-order valence-electron chi connectivity index (χ0n) is 11.6. The Morgan fingerprint density at radius 2 is 1.86 bits per heavy atom. The van der Waals surface area contributed by atoms with Crippen LogP contribution >= 0.6 is 11.6 Å². The molecule has 110 valence electrons. The van der Waals surface area contributed by atoms with E-state index in [1.807, 2.05) is 13.0 Å². The molecule has 1 N–H and O–H groups in total. The Labute approximate surface area is 128 Å². The van der Waals surface area contributed by atoms with Crippen molar-refractivity contribution in [3.05, 3.63) is 58.6 Å². The number of benzene rings is 2. The van der Waals surface area contributed by atoms with E-state index in [9.17, 15) is 13.2 Å². The van der Waals surface area contributed by atoms with Gasteiger partial charge in [0.15, 0.2) is 9.84 Å². The summed E-state index contributed by atoms with van der Waals surface area (Å²) in [5, 5.41) is 2.91. The number of carbonyl (C=O) groups is 1. The molecule has 0 atom stereocenters. The maximum atomic E-state index is 12.2. The summed E-state index contributed by atoms with van der Waals surface area (Å²) < 4.78 is 23.1. The summed E-state index contributed by atoms with van der Waals surface area (Å²) in [4.78, 5) is 12.3. The summed E-state index contributed by atoms with van der Waals surface area (Å²) in [6.45, 7) is 1.88. The topological polar surface area (TPSA) is 63.2 Å². The first-order chi connectivity index (χ1) is 9.77. The standard InChI is InChI=1S/C15H14ClNO3S/c1-10-4-3-5-11(8-10)15(18)17-14-9-12(21(2,19)20)6-7-13(14)16/h3-9H,1-2H3,(H,17,18). The van der Waals surface area contributed by atoms with E-state index in [4.69, 9.17) is 11.6 Å². The first-order valence-corrected chi connectivity index (χ1v) is 8.42. The Bertz CT molecular complexity index is 800. The van der Waals surface area contributed by atoms with E-state index in [1.165, 1.54) is 18.2 Å². The number of rotatable bonds is 3. The quantitative estimate of drug-likeness (QED) is 0.942. The van der Waals surface area contributed by atoms with E-state index >= 15 is 0 Å². The lowest BCUT2D eigenvalue weighted by Gasteiger charge is -2.09. The van der Waals surface area contributed by atoms with Crippen LogP contribution in [0.3, 0.4) is 0 Å². The molecule has 0 fully saturated rings. The lowest BCUT2D eigenvalue weighted by Crippen LogP contribution is -2.13. The Morgan fingerprint density at radius 1 is 1.14 bits per heavy atom. The van der Waals surface area contributed by atoms with Crippen molar-refractivity contribution in [3.8, 4) is 0 Å². The van der Waals surface area contributed by atoms with E-state index in [2.05, 4.69) is 5.32 Å². The van der Waals surface area contributed by atoms with Crippen LogP contribution in [0.4, 0.5) is 5.69 Å². The summed E-state index contributed by atoms with van der Waals surface area (Å²) in [5.74, 6) is -0.341. The van der Waals surface area contributed by atoms with Crippen molar-refractivity contribution in [1.82, 2.24) is 0 Å². The molecule has 0 aliphatic rings. The van der Waals surface area contributed by atoms with Gasteiger partial charge in [-0.1, -0.05) is 29.3 Å². The highest BCUT2D eigenvalue weighted by Gasteiger charge is 2.13. The molecule has 4 nitrogen and oxygen atoms in total. The molecule has 0 saturated carbocycles. The predicted octanol–water partition coefficient (Wildman–Crippen LogP) is 3.30. The third kappa shape index (κ3) is 3.83. The van der Waals surface area contributed by atoms with E-state index in [0.29, 0.717) is 5.56 Å². The Balaban J connectivity index is 2.33. The van der Waals surface area contributed by atoms with Crippen molar-refractivity contribution < 1.29 is 13.2 Å². The molecule has 1 amide bonds. The van der Waals surface area contributed by atoms with Gasteiger partial charge in [-0.2, -0.15) is 0 Å². The van der Waals surface area contributed by atoms with Gasteiger partial charge in [0.2, 0.25) is 0 Å². The van der Waals surface area contributed by atoms with Gasteiger partial charge in [0.05, 0.1) is 15.6 Å². The molecule has 0 bridgehead atoms. The minimum Gasteiger partial charge on any atom is -0.321 e. The van der Waals surface area contributed by atoms with Crippen LogP contribution in [-0.4, -0.2) is 20.6 Å². The summed E-state index contributed by atoms with van der Waals surface area (Å²) in [6, 6.07) is 11.3. The van der Waals surface area contributed by atoms with E-state index in [1.54, 1.807) is 18.2 Å². The van der Waals surface area contributed by atoms with Crippen LogP contribution in [-0.2, 0) is 9.84 Å². The molecular weight excluding hydrogens is 310 g/mol. The fourth-order valence-electron chi connectivity index (χ4n) is 1.81. The fraction of sp³-hybridized carbons (Fsp3) is 0.133. The molecule has 2 aromatic rings. The van der Waals surface area contributed by atoms with Gasteiger partial charge in [-0.25, -0.2) is 8.42 Å². The number of nitrogens with one attached hydrogen (secondary N) is 1. The molecule has 0 aromatic heterocycles. The van der Waals surface area contributed by atoms with E-state index < -0.39 is 9.84 Å². The molecule has 2 aromatic carbocycles. The normalized spacial score (nSPS) is 11.2. The van der Waals surface area contributed by atoms with E-state index in [-0.39, 0.29) is 21.5 Å². The Morgan fingerprint density at radius 3 is 2.48 bits per heavy atom. The zero-order chi connectivity index (χ0) is 15.6. The van der Waals surface area contributed by atoms with Gasteiger partial charge in [0.1, 0.15) is 0 Å². The number of anilines is 1. The number of amides is 1. The Hall–Kier alpha value is -1.85. The summed E-state index contributed by atoms with van der Waals surface area (Å²) >= 11 is 6.00. The van der Waals surface area contributed by atoms with E-state index in [0.717, 1.165) is 11.8 Å². The maximum Gasteiger partial charge on any atom is 0.255 e. The summed E-state index contributed by atoms with van der Waals surface area (Å²) in [7, 11) is -3.36. The van der Waals surface area contributed by atoms with Gasteiger partial charge in [0, 0.05) is 11.8 Å². The van der Waals surface area contributed by atoms with Crippen LogP contribution < -0.4 is 5.32 Å². The van der Waals surface area contributed by atoms with Gasteiger partial charge < -0.3 is 5.32 Å². The van der Waals surface area contributed by atoms with Crippen LogP contribution in [0.2, 0.25) is 5.02 Å². The highest BCUT2D eigenvalue weighted by atomic mass is 35.5. The molecule has 21 heavy (non-hydrogen) atoms. The van der Waals surface area contributed by atoms with Crippen molar-refractivity contribution in [3.63, 3.8) is 0 Å². The Kier molecular flexibility index (Phi) is 4.34. The van der Waals surface area contributed by atoms with Gasteiger partial charge in [-0.3, -0.25) is 4.79 Å². The van der Waals surface area contributed by atoms with Gasteiger partial charge in [-0.15, -0.1) is 0 Å². The van der Waals surface area contributed by atoms with Crippen molar-refractivity contribution in [2.24, 2.45) is 0 Å². The fourth-order valence-corrected chi connectivity index (χ4v) is 2.62. The van der Waals surface area contributed by atoms with Gasteiger partial charge in [0.25, 0.3) is 5.91 Å². The smallest absolute Gasteiger partial charge is 0.255 e. The third-order valence-electron chi connectivity index (χ3n) is 2.89. The lowest BCUT2D eigenvalue weighted by molar-refractivity contribution is 0.102. The minimum atomic E-state index is -3.36. The zero-order valence-corrected chi connectivity index (χ0v) is 13.1. The average molecular weight is 324 g/mol. The third-order valence-corrected chi connectivity index (χ3v) is 4.33. The number of halogens is 1. The molecule has 0 heterocycles. The largest absolute Gasteiger partial charge is 0.321 e. The maximum absolute atomic E-state index is 12.2. The van der Waals surface area contributed by atoms with Gasteiger partial charge >= 0.3 is 0 Å². The number of sulfone groups is 1. The number of hydrogen-bond acceptors (Lipinski definition) is 3. The second kappa shape index (κ2) is 5.87. The average Bonchev–Trinajstić information content (AvgIpc) is 2.40. The molecule has 0 spiro atoms. The summed E-state index contributed by atoms with van der Waals surface area (Å²) in [6.07, 6.45) is 1.10. The van der Waals surface area contributed by atoms with Crippen molar-refractivity contribution in [2.75, 3.05) is 11.6 Å². The van der Waals surface area contributed by atoms with Crippen LogP contribution in [0.25, 0.3) is 0 Å². The molecule has 0 saturated heterocycles. The summed E-state index contributed by atoms with van der Waals surface area (Å²) in [5.41, 5.74) is 1.71. The highest BCUT2D eigenvalue weighted by Crippen LogP contribution is 2.25. The first kappa shape index (κ1) is 15.5. The number of carbonyl (C=O) groups excluding carboxylic acids is 1. The van der Waals surface area contributed by atoms with Crippen LogP contribution in [0.15, 0.2) is 47.4 Å². The molecule has 0 unspecified atom stereocenters. The van der Waals surface area contributed by atoms with Crippen molar-refractivity contribution >= 4 is 33.0 Å². The molecule has 0 radical (unpaired) electrons. The highest BCUT2D eigenvalue weighted by molar-refractivity contribution is 7.90. The van der Waals surface area contributed by atoms with Crippen LogP contribution in [0.5, 0.6) is 0 Å². The van der Waals surface area contributed by atoms with Crippen molar-refractivity contribution in [2.45, 2.75) is 11.8 Å². The molecular formula is C15H14ClNO3S. The first-order valence-electron chi connectivity index (χ1n) is 6.15. The second-order valence-electron chi connectivity index (χ2n) is 4.74. The molecule has 0 aliphatic carbocycles. The predicted molar refractivity (Wildman–Crippen MR) is 83.7 cm³/mol. The van der Waals surface area contributed by atoms with Gasteiger partial charge in [-0.05, 0) is 37.3 Å². The van der Waals surface area contributed by atoms with Crippen LogP contribution in [0, 0.1) is 6.92 Å². The monoisotopic (exact) mass is 323 g/mol. The van der Waals surface area contributed by atoms with Crippen LogP contribution in [0.1, 0.15) is 15.9 Å². The number of hydrogen-bond donors (Lipinski definition) is 1. The van der Waals surface area contributed by atoms with Crippen molar-refractivity contribution in [1.29, 1.82) is 0 Å². The molecule has 2 rings (SSSR count). The lowest BCUT2D eigenvalue weighted by atomic mass is 10.1.